The molecule has 3 fully saturated rings. The van der Waals surface area contributed by atoms with Crippen molar-refractivity contribution >= 4 is 28.5 Å². The van der Waals surface area contributed by atoms with Crippen LogP contribution in [-0.4, -0.2) is 143 Å². The molecule has 4 aliphatic heterocycles. The van der Waals surface area contributed by atoms with Gasteiger partial charge in [0, 0.05) is 85.0 Å². The number of anilines is 1. The van der Waals surface area contributed by atoms with Gasteiger partial charge in [-0.15, -0.1) is 0 Å². The number of benzene rings is 2. The van der Waals surface area contributed by atoms with Gasteiger partial charge in [-0.25, -0.2) is 0 Å². The van der Waals surface area contributed by atoms with Crippen molar-refractivity contribution in [3.05, 3.63) is 70.9 Å². The number of aromatic nitrogens is 1. The van der Waals surface area contributed by atoms with Crippen LogP contribution in [0.25, 0.3) is 10.9 Å². The topological polar surface area (TPSA) is 171 Å². The van der Waals surface area contributed by atoms with E-state index in [9.17, 15) is 30.0 Å². The Labute approximate surface area is 353 Å². The van der Waals surface area contributed by atoms with Crippen molar-refractivity contribution in [1.82, 2.24) is 20.1 Å². The van der Waals surface area contributed by atoms with Gasteiger partial charge in [0.15, 0.2) is 5.60 Å². The van der Waals surface area contributed by atoms with Crippen LogP contribution in [0, 0.1) is 11.3 Å². The van der Waals surface area contributed by atoms with Crippen LogP contribution in [-0.2, 0) is 39.0 Å². The first-order valence-corrected chi connectivity index (χ1v) is 22.0. The summed E-state index contributed by atoms with van der Waals surface area (Å²) in [6.07, 6.45) is 6.90. The molecule has 1 aliphatic carbocycles. The second-order valence-electron chi connectivity index (χ2n) is 18.6. The summed E-state index contributed by atoms with van der Waals surface area (Å²) in [5.74, 6) is -0.0243. The number of piperidine rings is 1. The fraction of sp³-hybridized carbons (Fsp3) is 0.617. The third-order valence-electron chi connectivity index (χ3n) is 15.3. The van der Waals surface area contributed by atoms with E-state index in [2.05, 4.69) is 57.4 Å². The molecule has 9 atom stereocenters. The van der Waals surface area contributed by atoms with Crippen molar-refractivity contribution in [2.45, 2.75) is 113 Å². The minimum atomic E-state index is -2.19. The largest absolute Gasteiger partial charge is 0.496 e. The number of methoxy groups -OCH3 is 2. The van der Waals surface area contributed by atoms with Crippen LogP contribution >= 0.6 is 0 Å². The molecule has 1 spiro atoms. The number of aromatic amines is 1. The summed E-state index contributed by atoms with van der Waals surface area (Å²) < 4.78 is 11.1. The summed E-state index contributed by atoms with van der Waals surface area (Å²) in [7, 11) is 5.00. The molecule has 3 aromatic rings. The summed E-state index contributed by atoms with van der Waals surface area (Å²) in [6, 6.07) is 11.5. The van der Waals surface area contributed by atoms with Gasteiger partial charge in [0.25, 0.3) is 5.91 Å². The molecule has 0 radical (unpaired) electrons. The fourth-order valence-electron chi connectivity index (χ4n) is 12.6. The number of β-amino-alcohol motifs (C(OH)–C–C–N with tert-alkyl or cyclic N) is 1. The first kappa shape index (κ1) is 42.7. The van der Waals surface area contributed by atoms with E-state index in [0.717, 1.165) is 83.7 Å². The quantitative estimate of drug-likeness (QED) is 0.104. The lowest BCUT2D eigenvalue weighted by Crippen LogP contribution is -2.81. The molecule has 1 aromatic heterocycles. The highest BCUT2D eigenvalue weighted by atomic mass is 16.5. The van der Waals surface area contributed by atoms with Gasteiger partial charge < -0.3 is 45.1 Å². The van der Waals surface area contributed by atoms with Crippen LogP contribution in [0.4, 0.5) is 5.69 Å². The Bertz CT molecular complexity index is 2140. The number of hydrogen-bond donors (Lipinski definition) is 6. The Hall–Kier alpha value is -3.98. The number of likely N-dealkylation sites (tertiary alicyclic amines) is 1. The minimum Gasteiger partial charge on any atom is -0.496 e. The first-order chi connectivity index (χ1) is 28.7. The van der Waals surface area contributed by atoms with E-state index in [1.54, 1.807) is 14.0 Å². The summed E-state index contributed by atoms with van der Waals surface area (Å²) in [6.45, 7) is 9.26. The van der Waals surface area contributed by atoms with Gasteiger partial charge in [0.1, 0.15) is 11.9 Å². The maximum atomic E-state index is 14.3. The molecular weight excluding hydrogens is 763 g/mol. The van der Waals surface area contributed by atoms with Crippen molar-refractivity contribution < 1.29 is 39.5 Å². The molecule has 6 N–H and O–H groups in total. The number of rotatable bonds is 14. The molecule has 326 valence electrons. The van der Waals surface area contributed by atoms with E-state index in [1.807, 2.05) is 37.1 Å². The van der Waals surface area contributed by atoms with Gasteiger partial charge in [0.05, 0.1) is 38.4 Å². The predicted molar refractivity (Wildman–Crippen MR) is 230 cm³/mol. The Kier molecular flexibility index (Phi) is 11.4. The molecule has 5 heterocycles. The Morgan fingerprint density at radius 3 is 2.58 bits per heavy atom. The van der Waals surface area contributed by atoms with Crippen LogP contribution in [0.3, 0.4) is 0 Å². The van der Waals surface area contributed by atoms with Gasteiger partial charge in [0.2, 0.25) is 0 Å². The predicted octanol–water partition coefficient (Wildman–Crippen LogP) is 3.23. The molecule has 0 bridgehead atoms. The van der Waals surface area contributed by atoms with E-state index in [0.29, 0.717) is 38.6 Å². The highest BCUT2D eigenvalue weighted by Crippen LogP contribution is 2.67. The number of aryl methyl sites for hydroxylation is 1. The van der Waals surface area contributed by atoms with E-state index in [1.165, 1.54) is 7.11 Å². The number of hydrogen-bond acceptors (Lipinski definition) is 11. The van der Waals surface area contributed by atoms with Crippen molar-refractivity contribution in [3.63, 3.8) is 0 Å². The van der Waals surface area contributed by atoms with Crippen LogP contribution in [0.2, 0.25) is 0 Å². The summed E-state index contributed by atoms with van der Waals surface area (Å²) in [4.78, 5) is 36.9. The molecule has 1 saturated carbocycles. The number of para-hydroxylation sites is 1. The van der Waals surface area contributed by atoms with E-state index in [4.69, 9.17) is 9.47 Å². The second kappa shape index (κ2) is 16.0. The smallest absolute Gasteiger partial charge is 0.311 e. The molecule has 13 heteroatoms. The van der Waals surface area contributed by atoms with Crippen molar-refractivity contribution in [1.29, 1.82) is 0 Å². The number of carbonyl (C=O) groups excluding carboxylic acids is 2. The average molecular weight is 828 g/mol. The molecular formula is C47H65N5O8. The van der Waals surface area contributed by atoms with E-state index < -0.39 is 46.2 Å². The molecule has 1 amide bonds. The summed E-state index contributed by atoms with van der Waals surface area (Å²) in [5.41, 5.74) is 1.35. The second-order valence-corrected chi connectivity index (χ2v) is 18.6. The van der Waals surface area contributed by atoms with Gasteiger partial charge in [-0.2, -0.15) is 0 Å². The van der Waals surface area contributed by atoms with Crippen LogP contribution < -0.4 is 15.0 Å². The average Bonchev–Trinajstić information content (AvgIpc) is 3.88. The molecule has 5 aliphatic rings. The number of aliphatic hydroxyl groups is 4. The number of ether oxygens (including phenoxy) is 2. The third-order valence-corrected chi connectivity index (χ3v) is 15.3. The Morgan fingerprint density at radius 1 is 1.08 bits per heavy atom. The lowest BCUT2D eigenvalue weighted by Gasteiger charge is -2.63. The van der Waals surface area contributed by atoms with Crippen LogP contribution in [0.15, 0.2) is 48.6 Å². The number of carbonyl (C=O) groups is 2. The van der Waals surface area contributed by atoms with Crippen LogP contribution in [0.1, 0.15) is 75.3 Å². The maximum absolute atomic E-state index is 14.3. The van der Waals surface area contributed by atoms with E-state index >= 15 is 0 Å². The number of nitrogens with one attached hydrogen (secondary N) is 2. The monoisotopic (exact) mass is 827 g/mol. The molecule has 7 unspecified atom stereocenters. The zero-order valence-electron chi connectivity index (χ0n) is 36.2. The number of H-pyrrole nitrogens is 1. The SMILES string of the molecule is CCC1(O)CC(CCc2cc3c(cc2OC)N(C)C2C34CCN3CC=CC(CC)(C34)[C@@H](O)[C@]2(O)C(=O)NCC(C)O)CN(CCc2c(CC(=O)OC)[nH]c3ccccc23)C1. The van der Waals surface area contributed by atoms with Crippen molar-refractivity contribution in [3.8, 4) is 5.75 Å². The highest BCUT2D eigenvalue weighted by molar-refractivity contribution is 5.90. The zero-order chi connectivity index (χ0) is 42.8. The summed E-state index contributed by atoms with van der Waals surface area (Å²) >= 11 is 0. The fourth-order valence-corrected chi connectivity index (χ4v) is 12.6. The van der Waals surface area contributed by atoms with Crippen LogP contribution in [0.5, 0.6) is 5.75 Å². The molecule has 2 saturated heterocycles. The minimum absolute atomic E-state index is 0.0437. The molecule has 2 aromatic carbocycles. The van der Waals surface area contributed by atoms with Gasteiger partial charge in [-0.05, 0) is 93.2 Å². The van der Waals surface area contributed by atoms with E-state index in [-0.39, 0.29) is 30.9 Å². The molecule has 8 rings (SSSR count). The number of fused-ring (bicyclic) bond motifs is 2. The molecule has 60 heavy (non-hydrogen) atoms. The third kappa shape index (κ3) is 6.66. The normalized spacial score (nSPS) is 32.7. The lowest BCUT2D eigenvalue weighted by molar-refractivity contribution is -0.203. The molecule has 13 nitrogen and oxygen atoms in total. The highest BCUT2D eigenvalue weighted by Gasteiger charge is 2.78. The number of amides is 1. The van der Waals surface area contributed by atoms with Gasteiger partial charge in [-0.1, -0.05) is 44.2 Å². The number of nitrogens with zero attached hydrogens (tertiary/aromatic N) is 3. The van der Waals surface area contributed by atoms with Crippen molar-refractivity contribution in [2.75, 3.05) is 65.4 Å². The number of aliphatic hydroxyl groups excluding tert-OH is 2. The lowest BCUT2D eigenvalue weighted by atomic mass is 9.47. The standard InChI is InChI=1S/C47H65N5O8/c1-7-44(57)25-30(27-51(28-44)20-16-33-32-12-9-10-13-35(32)49-36(33)23-39(54)60-6)14-15-31-22-34-37(24-38(31)59-5)50(4)41-46(34)18-21-52-19-11-17-45(8-2,40(46)52)42(55)47(41,58)43(56)48-26-29(3)53/h9-13,17,22,24,29-30,40-42,49,53,55,57-58H,7-8,14-16,18-21,23,25-28H2,1-6H3,(H,48,56)/t29?,30?,40?,41?,42-,44?,45?,46?,47+/m1/s1. The maximum Gasteiger partial charge on any atom is 0.311 e. The van der Waals surface area contributed by atoms with Crippen molar-refractivity contribution in [2.24, 2.45) is 11.3 Å². The number of esters is 1. The van der Waals surface area contributed by atoms with Gasteiger partial charge >= 0.3 is 5.97 Å². The zero-order valence-corrected chi connectivity index (χ0v) is 36.2. The Morgan fingerprint density at radius 2 is 1.87 bits per heavy atom. The summed E-state index contributed by atoms with van der Waals surface area (Å²) in [5, 5.41) is 51.3. The number of likely N-dealkylation sites (N-methyl/N-ethyl adjacent to an activating group) is 1. The first-order valence-electron chi connectivity index (χ1n) is 22.0. The van der Waals surface area contributed by atoms with Gasteiger partial charge in [-0.3, -0.25) is 19.4 Å². The Balaban J connectivity index is 1.10.